The Labute approximate surface area is 221 Å². The first-order chi connectivity index (χ1) is 16.1. The topological polar surface area (TPSA) is 70.2 Å². The molecular formula is C24H18Cl5N3O2. The van der Waals surface area contributed by atoms with Gasteiger partial charge < -0.3 is 5.32 Å². The molecule has 34 heavy (non-hydrogen) atoms. The monoisotopic (exact) mass is 555 g/mol. The van der Waals surface area contributed by atoms with Gasteiger partial charge in [0.25, 0.3) is 5.91 Å². The Kier molecular flexibility index (Phi) is 7.22. The van der Waals surface area contributed by atoms with Gasteiger partial charge in [0, 0.05) is 21.7 Å². The van der Waals surface area contributed by atoms with E-state index in [0.29, 0.717) is 27.0 Å². The van der Waals surface area contributed by atoms with Crippen molar-refractivity contribution >= 4 is 81.2 Å². The van der Waals surface area contributed by atoms with Gasteiger partial charge in [-0.15, -0.1) is 23.2 Å². The predicted octanol–water partition coefficient (Wildman–Crippen LogP) is 7.24. The summed E-state index contributed by atoms with van der Waals surface area (Å²) >= 11 is 31.2. The fraction of sp³-hybridized carbons (Fsp3) is 0.167. The number of carbonyl (C=O) groups excluding carboxylic acids is 2. The van der Waals surface area contributed by atoms with E-state index in [-0.39, 0.29) is 10.6 Å². The number of nitrogens with one attached hydrogen (secondary N) is 3. The first kappa shape index (κ1) is 25.0. The van der Waals surface area contributed by atoms with E-state index in [1.165, 1.54) is 12.1 Å². The van der Waals surface area contributed by atoms with Crippen molar-refractivity contribution in [3.05, 3.63) is 92.4 Å². The summed E-state index contributed by atoms with van der Waals surface area (Å²) in [7, 11) is 0. The quantitative estimate of drug-likeness (QED) is 0.221. The Morgan fingerprint density at radius 3 is 2.12 bits per heavy atom. The highest BCUT2D eigenvalue weighted by atomic mass is 35.5. The number of carbonyl (C=O) groups is 2. The van der Waals surface area contributed by atoms with Crippen LogP contribution in [-0.4, -0.2) is 16.1 Å². The van der Waals surface area contributed by atoms with Crippen LogP contribution in [0.25, 0.3) is 0 Å². The normalized spacial score (nSPS) is 18.2. The smallest absolute Gasteiger partial charge is 0.271 e. The molecule has 4 rings (SSSR count). The van der Waals surface area contributed by atoms with E-state index in [1.807, 2.05) is 31.2 Å². The molecular weight excluding hydrogens is 540 g/mol. The molecule has 3 N–H and O–H groups in total. The Balaban J connectivity index is 1.45. The lowest BCUT2D eigenvalue weighted by Gasteiger charge is -2.12. The lowest BCUT2D eigenvalue weighted by Crippen LogP contribution is -2.29. The summed E-state index contributed by atoms with van der Waals surface area (Å²) in [6, 6.07) is 17.0. The van der Waals surface area contributed by atoms with Crippen molar-refractivity contribution in [2.24, 2.45) is 5.92 Å². The summed E-state index contributed by atoms with van der Waals surface area (Å²) in [5.41, 5.74) is 8.44. The van der Waals surface area contributed by atoms with E-state index >= 15 is 0 Å². The molecule has 0 bridgehead atoms. The average Bonchev–Trinajstić information content (AvgIpc) is 3.36. The molecule has 3 aromatic rings. The molecule has 0 saturated heterocycles. The number of rotatable bonds is 6. The van der Waals surface area contributed by atoms with Crippen LogP contribution in [0, 0.1) is 12.8 Å². The minimum Gasteiger partial charge on any atom is -0.326 e. The molecule has 1 saturated carbocycles. The second-order valence-corrected chi connectivity index (χ2v) is 10.7. The van der Waals surface area contributed by atoms with Crippen molar-refractivity contribution in [2.75, 3.05) is 10.7 Å². The van der Waals surface area contributed by atoms with Crippen LogP contribution in [0.5, 0.6) is 0 Å². The Hall–Kier alpha value is -2.15. The van der Waals surface area contributed by atoms with Crippen molar-refractivity contribution in [3.8, 4) is 0 Å². The summed E-state index contributed by atoms with van der Waals surface area (Å²) in [6.07, 6.45) is 0. The standard InChI is InChI=1S/C24H18Cl5N3O2/c1-12-2-4-16(5-3-12)31-32-22(33)18-11-17(6-7-19(18)27)30-23(34)21-20(24(21,28)29)13-8-14(25)10-15(26)9-13/h2-11,20-21,31H,1H3,(H,30,34)(H,32,33)/t20-,21+/m0/s1. The van der Waals surface area contributed by atoms with Gasteiger partial charge in [-0.1, -0.05) is 52.5 Å². The minimum atomic E-state index is -1.32. The SMILES string of the molecule is Cc1ccc(NNC(=O)c2cc(NC(=O)[C@H]3[C@H](c4cc(Cl)cc(Cl)c4)C3(Cl)Cl)ccc2Cl)cc1. The molecule has 1 fully saturated rings. The molecule has 0 spiro atoms. The van der Waals surface area contributed by atoms with E-state index in [1.54, 1.807) is 24.3 Å². The largest absolute Gasteiger partial charge is 0.326 e. The number of alkyl halides is 2. The van der Waals surface area contributed by atoms with Gasteiger partial charge in [-0.05, 0) is 61.0 Å². The second-order valence-electron chi connectivity index (χ2n) is 7.96. The Bertz CT molecular complexity index is 1240. The van der Waals surface area contributed by atoms with Crippen molar-refractivity contribution in [3.63, 3.8) is 0 Å². The summed E-state index contributed by atoms with van der Waals surface area (Å²) in [5.74, 6) is -2.09. The minimum absolute atomic E-state index is 0.177. The van der Waals surface area contributed by atoms with Gasteiger partial charge in [-0.3, -0.25) is 20.4 Å². The third-order valence-electron chi connectivity index (χ3n) is 5.43. The van der Waals surface area contributed by atoms with Gasteiger partial charge in [-0.25, -0.2) is 0 Å². The maximum atomic E-state index is 13.0. The van der Waals surface area contributed by atoms with Crippen molar-refractivity contribution in [2.45, 2.75) is 17.2 Å². The lowest BCUT2D eigenvalue weighted by molar-refractivity contribution is -0.117. The highest BCUT2D eigenvalue weighted by Gasteiger charge is 2.67. The van der Waals surface area contributed by atoms with E-state index in [4.69, 9.17) is 58.0 Å². The molecule has 1 aliphatic rings. The first-order valence-corrected chi connectivity index (χ1v) is 12.0. The first-order valence-electron chi connectivity index (χ1n) is 10.1. The van der Waals surface area contributed by atoms with Gasteiger partial charge in [0.15, 0.2) is 0 Å². The van der Waals surface area contributed by atoms with Crippen LogP contribution in [0.4, 0.5) is 11.4 Å². The van der Waals surface area contributed by atoms with Crippen LogP contribution in [0.1, 0.15) is 27.4 Å². The molecule has 1 aliphatic carbocycles. The van der Waals surface area contributed by atoms with Crippen LogP contribution in [-0.2, 0) is 4.79 Å². The summed E-state index contributed by atoms with van der Waals surface area (Å²) in [5, 5.41) is 3.83. The molecule has 0 unspecified atom stereocenters. The summed E-state index contributed by atoms with van der Waals surface area (Å²) < 4.78 is -1.32. The molecule has 0 heterocycles. The number of anilines is 2. The van der Waals surface area contributed by atoms with Crippen LogP contribution < -0.4 is 16.2 Å². The Morgan fingerprint density at radius 1 is 0.853 bits per heavy atom. The van der Waals surface area contributed by atoms with Gasteiger partial charge in [0.1, 0.15) is 4.33 Å². The van der Waals surface area contributed by atoms with Gasteiger partial charge in [-0.2, -0.15) is 0 Å². The third kappa shape index (κ3) is 5.40. The number of aryl methyl sites for hydroxylation is 1. The molecule has 0 aromatic heterocycles. The third-order valence-corrected chi connectivity index (χ3v) is 7.14. The molecule has 176 valence electrons. The zero-order valence-corrected chi connectivity index (χ0v) is 21.4. The highest BCUT2D eigenvalue weighted by Crippen LogP contribution is 2.65. The van der Waals surface area contributed by atoms with E-state index in [0.717, 1.165) is 5.56 Å². The predicted molar refractivity (Wildman–Crippen MR) is 139 cm³/mol. The van der Waals surface area contributed by atoms with Crippen LogP contribution >= 0.6 is 58.0 Å². The zero-order valence-electron chi connectivity index (χ0n) is 17.6. The molecule has 3 aromatic carbocycles. The molecule has 10 heteroatoms. The maximum absolute atomic E-state index is 13.0. The zero-order chi connectivity index (χ0) is 24.6. The fourth-order valence-corrected chi connectivity index (χ4v) is 5.23. The molecule has 2 atom stereocenters. The average molecular weight is 558 g/mol. The summed E-state index contributed by atoms with van der Waals surface area (Å²) in [4.78, 5) is 25.6. The molecule has 0 radical (unpaired) electrons. The van der Waals surface area contributed by atoms with Crippen LogP contribution in [0.3, 0.4) is 0 Å². The lowest BCUT2D eigenvalue weighted by atomic mass is 10.1. The number of amides is 2. The number of hydrogen-bond acceptors (Lipinski definition) is 3. The fourth-order valence-electron chi connectivity index (χ4n) is 3.65. The number of hydrogen-bond donors (Lipinski definition) is 3. The van der Waals surface area contributed by atoms with Gasteiger partial charge >= 0.3 is 0 Å². The van der Waals surface area contributed by atoms with Crippen LogP contribution in [0.15, 0.2) is 60.7 Å². The molecule has 2 amide bonds. The van der Waals surface area contributed by atoms with E-state index in [2.05, 4.69) is 16.2 Å². The number of hydrazine groups is 1. The van der Waals surface area contributed by atoms with E-state index < -0.39 is 28.0 Å². The van der Waals surface area contributed by atoms with Gasteiger partial charge in [0.2, 0.25) is 5.91 Å². The van der Waals surface area contributed by atoms with E-state index in [9.17, 15) is 9.59 Å². The second kappa shape index (κ2) is 9.84. The Morgan fingerprint density at radius 2 is 1.47 bits per heavy atom. The maximum Gasteiger partial charge on any atom is 0.271 e. The number of halogens is 5. The van der Waals surface area contributed by atoms with Crippen molar-refractivity contribution in [1.29, 1.82) is 0 Å². The van der Waals surface area contributed by atoms with Crippen molar-refractivity contribution in [1.82, 2.24) is 5.43 Å². The molecule has 5 nitrogen and oxygen atoms in total. The number of benzene rings is 3. The highest BCUT2D eigenvalue weighted by molar-refractivity contribution is 6.53. The van der Waals surface area contributed by atoms with Crippen LogP contribution in [0.2, 0.25) is 15.1 Å². The van der Waals surface area contributed by atoms with Crippen molar-refractivity contribution < 1.29 is 9.59 Å². The molecule has 0 aliphatic heterocycles. The summed E-state index contributed by atoms with van der Waals surface area (Å²) in [6.45, 7) is 1.97. The van der Waals surface area contributed by atoms with Gasteiger partial charge in [0.05, 0.1) is 22.2 Å².